The topological polar surface area (TPSA) is 81.4 Å². The fourth-order valence-corrected chi connectivity index (χ4v) is 2.31. The van der Waals surface area contributed by atoms with Gasteiger partial charge in [-0.1, -0.05) is 12.1 Å². The highest BCUT2D eigenvalue weighted by atomic mass is 32.2. The van der Waals surface area contributed by atoms with Gasteiger partial charge in [0.1, 0.15) is 0 Å². The lowest BCUT2D eigenvalue weighted by Crippen LogP contribution is -2.20. The zero-order chi connectivity index (χ0) is 12.2. The predicted molar refractivity (Wildman–Crippen MR) is 64.9 cm³/mol. The van der Waals surface area contributed by atoms with E-state index in [2.05, 4.69) is 4.72 Å². The third kappa shape index (κ3) is 3.39. The van der Waals surface area contributed by atoms with Gasteiger partial charge in [0.2, 0.25) is 10.0 Å². The molecule has 0 aliphatic carbocycles. The number of sulfonamides is 1. The van der Waals surface area contributed by atoms with Crippen LogP contribution in [-0.2, 0) is 14.8 Å². The number of nitrogens with two attached hydrogens (primary N) is 1. The number of hydrogen-bond acceptors (Lipinski definition) is 4. The van der Waals surface area contributed by atoms with Crippen LogP contribution < -0.4 is 10.5 Å². The average Bonchev–Trinajstić information content (AvgIpc) is 2.21. The Bertz CT molecular complexity index is 437. The second-order valence-corrected chi connectivity index (χ2v) is 5.29. The summed E-state index contributed by atoms with van der Waals surface area (Å²) in [7, 11) is -1.94. The molecule has 0 bridgehead atoms. The average molecular weight is 244 g/mol. The molecule has 0 aromatic heterocycles. The Kier molecular flexibility index (Phi) is 4.14. The molecule has 0 fully saturated rings. The minimum atomic E-state index is -3.40. The number of rotatable bonds is 5. The SMILES string of the molecule is COCCS(=O)(=O)Nc1c(C)cccc1N. The van der Waals surface area contributed by atoms with Gasteiger partial charge in [-0.25, -0.2) is 8.42 Å². The molecule has 0 atom stereocenters. The number of ether oxygens (including phenoxy) is 1. The summed E-state index contributed by atoms with van der Waals surface area (Å²) < 4.78 is 30.4. The van der Waals surface area contributed by atoms with Crippen molar-refractivity contribution in [1.82, 2.24) is 0 Å². The van der Waals surface area contributed by atoms with Gasteiger partial charge < -0.3 is 10.5 Å². The Hall–Kier alpha value is -1.27. The Labute approximate surface area is 95.7 Å². The summed E-state index contributed by atoms with van der Waals surface area (Å²) in [6, 6.07) is 5.23. The molecule has 0 saturated heterocycles. The minimum absolute atomic E-state index is 0.0860. The normalized spacial score (nSPS) is 11.4. The van der Waals surface area contributed by atoms with Crippen LogP contribution in [0.1, 0.15) is 5.56 Å². The van der Waals surface area contributed by atoms with Crippen molar-refractivity contribution in [3.63, 3.8) is 0 Å². The lowest BCUT2D eigenvalue weighted by atomic mass is 10.2. The van der Waals surface area contributed by atoms with Crippen LogP contribution in [0.3, 0.4) is 0 Å². The second kappa shape index (κ2) is 5.18. The summed E-state index contributed by atoms with van der Waals surface area (Å²) >= 11 is 0. The smallest absolute Gasteiger partial charge is 0.235 e. The molecule has 0 heterocycles. The van der Waals surface area contributed by atoms with E-state index < -0.39 is 10.0 Å². The molecule has 3 N–H and O–H groups in total. The first-order valence-electron chi connectivity index (χ1n) is 4.81. The van der Waals surface area contributed by atoms with E-state index in [1.54, 1.807) is 25.1 Å². The van der Waals surface area contributed by atoms with Crippen molar-refractivity contribution in [2.24, 2.45) is 0 Å². The van der Waals surface area contributed by atoms with Gasteiger partial charge in [0, 0.05) is 7.11 Å². The molecule has 6 heteroatoms. The number of hydrogen-bond donors (Lipinski definition) is 2. The number of nitrogen functional groups attached to an aromatic ring is 1. The highest BCUT2D eigenvalue weighted by Gasteiger charge is 2.13. The number of para-hydroxylation sites is 1. The molecule has 0 aliphatic rings. The van der Waals surface area contributed by atoms with Gasteiger partial charge in [0.15, 0.2) is 0 Å². The Morgan fingerprint density at radius 1 is 1.44 bits per heavy atom. The predicted octanol–water partition coefficient (Wildman–Crippen LogP) is 0.965. The molecule has 0 radical (unpaired) electrons. The summed E-state index contributed by atoms with van der Waals surface area (Å²) in [5.41, 5.74) is 7.35. The zero-order valence-corrected chi connectivity index (χ0v) is 10.2. The molecule has 0 amide bonds. The van der Waals surface area contributed by atoms with E-state index in [1.807, 2.05) is 0 Å². The fraction of sp³-hybridized carbons (Fsp3) is 0.400. The van der Waals surface area contributed by atoms with Crippen LogP contribution in [0.5, 0.6) is 0 Å². The van der Waals surface area contributed by atoms with E-state index in [9.17, 15) is 8.42 Å². The lowest BCUT2D eigenvalue weighted by molar-refractivity contribution is 0.217. The molecule has 0 saturated carbocycles. The Morgan fingerprint density at radius 2 is 2.12 bits per heavy atom. The molecule has 90 valence electrons. The molecular formula is C10H16N2O3S. The molecule has 16 heavy (non-hydrogen) atoms. The van der Waals surface area contributed by atoms with Crippen molar-refractivity contribution in [2.75, 3.05) is 29.9 Å². The van der Waals surface area contributed by atoms with Crippen LogP contribution in [0.2, 0.25) is 0 Å². The molecule has 5 nitrogen and oxygen atoms in total. The van der Waals surface area contributed by atoms with E-state index in [-0.39, 0.29) is 12.4 Å². The molecule has 1 aromatic carbocycles. The molecule has 0 aliphatic heterocycles. The summed E-state index contributed by atoms with van der Waals surface area (Å²) in [6.45, 7) is 1.95. The summed E-state index contributed by atoms with van der Waals surface area (Å²) in [5.74, 6) is -0.0860. The summed E-state index contributed by atoms with van der Waals surface area (Å²) in [5, 5.41) is 0. The Balaban J connectivity index is 2.88. The minimum Gasteiger partial charge on any atom is -0.397 e. The molecular weight excluding hydrogens is 228 g/mol. The van der Waals surface area contributed by atoms with E-state index >= 15 is 0 Å². The first-order chi connectivity index (χ1) is 7.46. The lowest BCUT2D eigenvalue weighted by Gasteiger charge is -2.12. The van der Waals surface area contributed by atoms with Crippen molar-refractivity contribution in [3.05, 3.63) is 23.8 Å². The van der Waals surface area contributed by atoms with Crippen LogP contribution in [0, 0.1) is 6.92 Å². The maximum absolute atomic E-state index is 11.6. The zero-order valence-electron chi connectivity index (χ0n) is 9.36. The maximum atomic E-state index is 11.6. The van der Waals surface area contributed by atoms with Crippen molar-refractivity contribution < 1.29 is 13.2 Å². The number of anilines is 2. The van der Waals surface area contributed by atoms with Crippen molar-refractivity contribution in [3.8, 4) is 0 Å². The highest BCUT2D eigenvalue weighted by molar-refractivity contribution is 7.92. The van der Waals surface area contributed by atoms with E-state index in [0.717, 1.165) is 5.56 Å². The van der Waals surface area contributed by atoms with Crippen molar-refractivity contribution in [2.45, 2.75) is 6.92 Å². The monoisotopic (exact) mass is 244 g/mol. The Morgan fingerprint density at radius 3 is 2.69 bits per heavy atom. The van der Waals surface area contributed by atoms with Crippen LogP contribution in [-0.4, -0.2) is 27.9 Å². The number of methoxy groups -OCH3 is 1. The molecule has 1 rings (SSSR count). The van der Waals surface area contributed by atoms with Crippen LogP contribution in [0.25, 0.3) is 0 Å². The van der Waals surface area contributed by atoms with Crippen molar-refractivity contribution in [1.29, 1.82) is 0 Å². The van der Waals surface area contributed by atoms with Gasteiger partial charge in [-0.05, 0) is 18.6 Å². The maximum Gasteiger partial charge on any atom is 0.235 e. The van der Waals surface area contributed by atoms with Crippen LogP contribution >= 0.6 is 0 Å². The first-order valence-corrected chi connectivity index (χ1v) is 6.46. The highest BCUT2D eigenvalue weighted by Crippen LogP contribution is 2.23. The second-order valence-electron chi connectivity index (χ2n) is 3.45. The number of aryl methyl sites for hydroxylation is 1. The molecule has 0 spiro atoms. The number of benzene rings is 1. The number of nitrogens with one attached hydrogen (secondary N) is 1. The van der Waals surface area contributed by atoms with Crippen molar-refractivity contribution >= 4 is 21.4 Å². The first kappa shape index (κ1) is 12.8. The van der Waals surface area contributed by atoms with Gasteiger partial charge in [0.25, 0.3) is 0 Å². The van der Waals surface area contributed by atoms with Gasteiger partial charge in [0.05, 0.1) is 23.7 Å². The standard InChI is InChI=1S/C10H16N2O3S/c1-8-4-3-5-9(11)10(8)12-16(13,14)7-6-15-2/h3-5,12H,6-7,11H2,1-2H3. The largest absolute Gasteiger partial charge is 0.397 e. The van der Waals surface area contributed by atoms with E-state index in [0.29, 0.717) is 11.4 Å². The summed E-state index contributed by atoms with van der Waals surface area (Å²) in [6.07, 6.45) is 0. The molecule has 1 aromatic rings. The van der Waals surface area contributed by atoms with Gasteiger partial charge in [-0.3, -0.25) is 4.72 Å². The van der Waals surface area contributed by atoms with Gasteiger partial charge in [-0.15, -0.1) is 0 Å². The van der Waals surface area contributed by atoms with Crippen LogP contribution in [0.15, 0.2) is 18.2 Å². The van der Waals surface area contributed by atoms with Gasteiger partial charge in [-0.2, -0.15) is 0 Å². The third-order valence-corrected chi connectivity index (χ3v) is 3.34. The fourth-order valence-electron chi connectivity index (χ4n) is 1.23. The van der Waals surface area contributed by atoms with E-state index in [4.69, 9.17) is 10.5 Å². The van der Waals surface area contributed by atoms with Crippen LogP contribution in [0.4, 0.5) is 11.4 Å². The van der Waals surface area contributed by atoms with Gasteiger partial charge >= 0.3 is 0 Å². The quantitative estimate of drug-likeness (QED) is 0.756. The third-order valence-electron chi connectivity index (χ3n) is 2.12. The summed E-state index contributed by atoms with van der Waals surface area (Å²) in [4.78, 5) is 0. The molecule has 0 unspecified atom stereocenters. The van der Waals surface area contributed by atoms with E-state index in [1.165, 1.54) is 7.11 Å².